The molecule has 2 aromatic heterocycles. The van der Waals surface area contributed by atoms with Gasteiger partial charge < -0.3 is 14.8 Å². The van der Waals surface area contributed by atoms with E-state index >= 15 is 0 Å². The second-order valence-corrected chi connectivity index (χ2v) is 7.31. The van der Waals surface area contributed by atoms with E-state index < -0.39 is 0 Å². The van der Waals surface area contributed by atoms with E-state index in [0.717, 1.165) is 22.4 Å². The first-order valence-electron chi connectivity index (χ1n) is 10.4. The molecule has 0 spiro atoms. The number of carbonyl (C=O) groups excluding carboxylic acids is 1. The molecule has 2 heterocycles. The summed E-state index contributed by atoms with van der Waals surface area (Å²) in [5.41, 5.74) is 3.50. The molecule has 0 fully saturated rings. The first-order valence-corrected chi connectivity index (χ1v) is 10.4. The minimum absolute atomic E-state index is 0.216. The Morgan fingerprint density at radius 2 is 1.73 bits per heavy atom. The van der Waals surface area contributed by atoms with Crippen LogP contribution in [-0.4, -0.2) is 15.9 Å². The van der Waals surface area contributed by atoms with Crippen molar-refractivity contribution >= 4 is 17.7 Å². The minimum Gasteiger partial charge on any atom is -0.489 e. The summed E-state index contributed by atoms with van der Waals surface area (Å²) in [6.45, 7) is 2.38. The Labute approximate surface area is 192 Å². The third-order valence-electron chi connectivity index (χ3n) is 4.74. The summed E-state index contributed by atoms with van der Waals surface area (Å²) in [5, 5.41) is 2.87. The number of anilines is 1. The van der Waals surface area contributed by atoms with Crippen LogP contribution in [0.4, 0.5) is 5.69 Å². The normalized spacial score (nSPS) is 10.7. The van der Waals surface area contributed by atoms with E-state index in [-0.39, 0.29) is 5.91 Å². The first kappa shape index (κ1) is 21.8. The van der Waals surface area contributed by atoms with Gasteiger partial charge in [0, 0.05) is 35.9 Å². The average molecular weight is 437 g/mol. The summed E-state index contributed by atoms with van der Waals surface area (Å²) in [4.78, 5) is 20.4. The number of aromatic nitrogens is 2. The summed E-state index contributed by atoms with van der Waals surface area (Å²) in [6.07, 6.45) is 10.1. The van der Waals surface area contributed by atoms with E-state index in [0.29, 0.717) is 23.8 Å². The number of benzene rings is 2. The van der Waals surface area contributed by atoms with E-state index in [9.17, 15) is 4.79 Å². The molecule has 1 amide bonds. The highest BCUT2D eigenvalue weighted by atomic mass is 16.5. The zero-order chi connectivity index (χ0) is 22.9. The third-order valence-corrected chi connectivity index (χ3v) is 4.74. The number of nitrogens with zero attached hydrogens (tertiary/aromatic N) is 2. The fourth-order valence-corrected chi connectivity index (χ4v) is 3.06. The lowest BCUT2D eigenvalue weighted by atomic mass is 10.2. The lowest BCUT2D eigenvalue weighted by Crippen LogP contribution is -2.07. The Hall–Kier alpha value is -4.45. The van der Waals surface area contributed by atoms with E-state index in [1.54, 1.807) is 36.9 Å². The standard InChI is InChI=1S/C27H23N3O3/c1-20-16-23(9-12-26(20)33-25-5-3-15-29-18-25)30-27(31)13-8-21-6-10-24(11-7-21)32-19-22-4-2-14-28-17-22/h2-18H,19H2,1H3,(H,30,31)/b13-8+. The highest BCUT2D eigenvalue weighted by Crippen LogP contribution is 2.26. The fraction of sp³-hybridized carbons (Fsp3) is 0.0741. The average Bonchev–Trinajstić information content (AvgIpc) is 2.85. The smallest absolute Gasteiger partial charge is 0.248 e. The van der Waals surface area contributed by atoms with Crippen LogP contribution in [0.2, 0.25) is 0 Å². The molecule has 0 atom stereocenters. The van der Waals surface area contributed by atoms with Crippen molar-refractivity contribution in [1.29, 1.82) is 0 Å². The predicted octanol–water partition coefficient (Wildman–Crippen LogP) is 5.81. The Kier molecular flexibility index (Phi) is 7.08. The van der Waals surface area contributed by atoms with Crippen LogP contribution in [0.15, 0.2) is 97.6 Å². The summed E-state index contributed by atoms with van der Waals surface area (Å²) in [6, 6.07) is 20.5. The van der Waals surface area contributed by atoms with Crippen LogP contribution in [0, 0.1) is 6.92 Å². The molecule has 6 heteroatoms. The third kappa shape index (κ3) is 6.51. The van der Waals surface area contributed by atoms with Crippen LogP contribution in [0.5, 0.6) is 17.2 Å². The number of pyridine rings is 2. The molecule has 0 unspecified atom stereocenters. The lowest BCUT2D eigenvalue weighted by Gasteiger charge is -2.10. The number of ether oxygens (including phenoxy) is 2. The Morgan fingerprint density at radius 3 is 2.42 bits per heavy atom. The number of amides is 1. The second kappa shape index (κ2) is 10.7. The van der Waals surface area contributed by atoms with E-state index in [4.69, 9.17) is 9.47 Å². The molecule has 0 aliphatic heterocycles. The van der Waals surface area contributed by atoms with Gasteiger partial charge >= 0.3 is 0 Å². The number of hydrogen-bond acceptors (Lipinski definition) is 5. The molecule has 6 nitrogen and oxygen atoms in total. The Bertz CT molecular complexity index is 1220. The maximum Gasteiger partial charge on any atom is 0.248 e. The van der Waals surface area contributed by atoms with Gasteiger partial charge in [-0.05, 0) is 72.7 Å². The number of rotatable bonds is 8. The van der Waals surface area contributed by atoms with Crippen LogP contribution in [-0.2, 0) is 11.4 Å². The molecule has 1 N–H and O–H groups in total. The molecular formula is C27H23N3O3. The van der Waals surface area contributed by atoms with Gasteiger partial charge in [0.1, 0.15) is 23.9 Å². The van der Waals surface area contributed by atoms with Crippen molar-refractivity contribution in [3.05, 3.63) is 114 Å². The van der Waals surface area contributed by atoms with Crippen molar-refractivity contribution in [3.63, 3.8) is 0 Å². The van der Waals surface area contributed by atoms with Gasteiger partial charge in [-0.1, -0.05) is 18.2 Å². The van der Waals surface area contributed by atoms with Crippen molar-refractivity contribution in [2.75, 3.05) is 5.32 Å². The fourth-order valence-electron chi connectivity index (χ4n) is 3.06. The van der Waals surface area contributed by atoms with Crippen molar-refractivity contribution < 1.29 is 14.3 Å². The minimum atomic E-state index is -0.216. The van der Waals surface area contributed by atoms with Crippen molar-refractivity contribution in [2.45, 2.75) is 13.5 Å². The molecule has 4 aromatic rings. The van der Waals surface area contributed by atoms with E-state index in [1.165, 1.54) is 6.08 Å². The van der Waals surface area contributed by atoms with Crippen LogP contribution >= 0.6 is 0 Å². The van der Waals surface area contributed by atoms with Gasteiger partial charge in [0.25, 0.3) is 0 Å². The number of carbonyl (C=O) groups is 1. The molecule has 164 valence electrons. The molecule has 33 heavy (non-hydrogen) atoms. The topological polar surface area (TPSA) is 73.3 Å². The molecule has 0 saturated carbocycles. The molecule has 2 aromatic carbocycles. The van der Waals surface area contributed by atoms with E-state index in [2.05, 4.69) is 15.3 Å². The van der Waals surface area contributed by atoms with Gasteiger partial charge in [0.05, 0.1) is 6.20 Å². The molecular weight excluding hydrogens is 414 g/mol. The second-order valence-electron chi connectivity index (χ2n) is 7.31. The van der Waals surface area contributed by atoms with Gasteiger partial charge in [0.15, 0.2) is 0 Å². The number of aryl methyl sites for hydroxylation is 1. The van der Waals surface area contributed by atoms with Gasteiger partial charge in [0.2, 0.25) is 5.91 Å². The number of hydrogen-bond donors (Lipinski definition) is 1. The SMILES string of the molecule is Cc1cc(NC(=O)/C=C/c2ccc(OCc3cccnc3)cc2)ccc1Oc1cccnc1. The summed E-state index contributed by atoms with van der Waals surface area (Å²) in [7, 11) is 0. The largest absolute Gasteiger partial charge is 0.489 e. The van der Waals surface area contributed by atoms with Crippen LogP contribution in [0.3, 0.4) is 0 Å². The zero-order valence-electron chi connectivity index (χ0n) is 18.1. The van der Waals surface area contributed by atoms with Crippen molar-refractivity contribution in [2.24, 2.45) is 0 Å². The summed E-state index contributed by atoms with van der Waals surface area (Å²) < 4.78 is 11.6. The quantitative estimate of drug-likeness (QED) is 0.352. The molecule has 4 rings (SSSR count). The Balaban J connectivity index is 1.30. The molecule has 0 aliphatic carbocycles. The highest BCUT2D eigenvalue weighted by Gasteiger charge is 2.05. The van der Waals surface area contributed by atoms with Crippen LogP contribution in [0.25, 0.3) is 6.08 Å². The zero-order valence-corrected chi connectivity index (χ0v) is 18.1. The summed E-state index contributed by atoms with van der Waals surface area (Å²) in [5.74, 6) is 1.91. The van der Waals surface area contributed by atoms with Crippen molar-refractivity contribution in [1.82, 2.24) is 9.97 Å². The molecule has 0 aliphatic rings. The Morgan fingerprint density at radius 1 is 0.939 bits per heavy atom. The van der Waals surface area contributed by atoms with Crippen molar-refractivity contribution in [3.8, 4) is 17.2 Å². The van der Waals surface area contributed by atoms with Gasteiger partial charge in [-0.3, -0.25) is 14.8 Å². The maximum atomic E-state index is 12.3. The molecule has 0 radical (unpaired) electrons. The summed E-state index contributed by atoms with van der Waals surface area (Å²) >= 11 is 0. The molecule has 0 saturated heterocycles. The predicted molar refractivity (Wildman–Crippen MR) is 128 cm³/mol. The van der Waals surface area contributed by atoms with Gasteiger partial charge in [-0.2, -0.15) is 0 Å². The number of nitrogens with one attached hydrogen (secondary N) is 1. The molecule has 0 bridgehead atoms. The monoisotopic (exact) mass is 437 g/mol. The van der Waals surface area contributed by atoms with Gasteiger partial charge in [-0.15, -0.1) is 0 Å². The van der Waals surface area contributed by atoms with Gasteiger partial charge in [-0.25, -0.2) is 0 Å². The lowest BCUT2D eigenvalue weighted by molar-refractivity contribution is -0.111. The van der Waals surface area contributed by atoms with Crippen LogP contribution < -0.4 is 14.8 Å². The maximum absolute atomic E-state index is 12.3. The van der Waals surface area contributed by atoms with E-state index in [1.807, 2.05) is 67.6 Å². The van der Waals surface area contributed by atoms with Crippen LogP contribution in [0.1, 0.15) is 16.7 Å². The first-order chi connectivity index (χ1) is 16.2. The highest BCUT2D eigenvalue weighted by molar-refractivity contribution is 6.02.